The molecule has 0 bridgehead atoms. The summed E-state index contributed by atoms with van der Waals surface area (Å²) in [5.41, 5.74) is 0. The first-order valence-electron chi connectivity index (χ1n) is 3.38. The van der Waals surface area contributed by atoms with E-state index in [9.17, 15) is 0 Å². The van der Waals surface area contributed by atoms with Crippen molar-refractivity contribution in [2.75, 3.05) is 19.0 Å². The molecule has 11 heavy (non-hydrogen) atoms. The first-order chi connectivity index (χ1) is 5.35. The fourth-order valence-corrected chi connectivity index (χ4v) is 0.598. The lowest BCUT2D eigenvalue weighted by atomic mass is 10.5. The maximum atomic E-state index is 4.78. The molecule has 0 rings (SSSR count). The van der Waals surface area contributed by atoms with E-state index in [-0.39, 0.29) is 0 Å². The zero-order chi connectivity index (χ0) is 8.53. The van der Waals surface area contributed by atoms with Gasteiger partial charge in [-0.1, -0.05) is 22.9 Å². The SMILES string of the molecule is CCCOOC(CBr)OOC. The first-order valence-corrected chi connectivity index (χ1v) is 4.51. The number of alkyl halides is 1. The lowest BCUT2D eigenvalue weighted by Gasteiger charge is -2.11. The van der Waals surface area contributed by atoms with Gasteiger partial charge in [0, 0.05) is 0 Å². The standard InChI is InChI=1S/C6H13BrO4/c1-3-4-9-11-6(5-7)10-8-2/h6H,3-5H2,1-2H3. The third-order valence-electron chi connectivity index (χ3n) is 0.792. The number of rotatable bonds is 7. The summed E-state index contributed by atoms with van der Waals surface area (Å²) in [4.78, 5) is 18.6. The van der Waals surface area contributed by atoms with Crippen molar-refractivity contribution < 1.29 is 19.6 Å². The van der Waals surface area contributed by atoms with Crippen LogP contribution in [0.25, 0.3) is 0 Å². The van der Waals surface area contributed by atoms with Crippen LogP contribution in [-0.2, 0) is 19.6 Å². The Hall–Kier alpha value is 0.320. The Bertz CT molecular complexity index is 81.0. The van der Waals surface area contributed by atoms with E-state index in [4.69, 9.17) is 9.78 Å². The lowest BCUT2D eigenvalue weighted by molar-refractivity contribution is -0.448. The molecule has 0 aromatic heterocycles. The van der Waals surface area contributed by atoms with E-state index < -0.39 is 6.29 Å². The van der Waals surface area contributed by atoms with E-state index in [1.165, 1.54) is 7.11 Å². The molecule has 0 amide bonds. The molecule has 0 aromatic carbocycles. The van der Waals surface area contributed by atoms with Gasteiger partial charge in [0.25, 0.3) is 0 Å². The second kappa shape index (κ2) is 8.42. The molecule has 0 aliphatic carbocycles. The topological polar surface area (TPSA) is 36.9 Å². The predicted molar refractivity (Wildman–Crippen MR) is 43.0 cm³/mol. The molecule has 0 saturated heterocycles. The van der Waals surface area contributed by atoms with Crippen molar-refractivity contribution >= 4 is 15.9 Å². The zero-order valence-electron chi connectivity index (χ0n) is 6.71. The van der Waals surface area contributed by atoms with Crippen molar-refractivity contribution in [3.8, 4) is 0 Å². The van der Waals surface area contributed by atoms with Gasteiger partial charge in [0.2, 0.25) is 6.29 Å². The van der Waals surface area contributed by atoms with E-state index in [2.05, 4.69) is 25.7 Å². The van der Waals surface area contributed by atoms with E-state index in [1.54, 1.807) is 0 Å². The Morgan fingerprint density at radius 3 is 2.55 bits per heavy atom. The Balaban J connectivity index is 3.20. The minimum Gasteiger partial charge on any atom is -0.237 e. The third-order valence-corrected chi connectivity index (χ3v) is 1.32. The molecule has 0 saturated carbocycles. The van der Waals surface area contributed by atoms with Crippen LogP contribution in [0.4, 0.5) is 0 Å². The summed E-state index contributed by atoms with van der Waals surface area (Å²) >= 11 is 3.16. The fourth-order valence-electron chi connectivity index (χ4n) is 0.382. The fraction of sp³-hybridized carbons (Fsp3) is 1.00. The molecular formula is C6H13BrO4. The third kappa shape index (κ3) is 6.71. The van der Waals surface area contributed by atoms with Gasteiger partial charge in [0.05, 0.1) is 19.0 Å². The van der Waals surface area contributed by atoms with Gasteiger partial charge in [-0.15, -0.1) is 0 Å². The molecule has 68 valence electrons. The molecule has 5 heteroatoms. The van der Waals surface area contributed by atoms with Crippen LogP contribution in [0.1, 0.15) is 13.3 Å². The number of hydrogen-bond acceptors (Lipinski definition) is 4. The lowest BCUT2D eigenvalue weighted by Crippen LogP contribution is -2.18. The highest BCUT2D eigenvalue weighted by Gasteiger charge is 2.08. The molecule has 1 unspecified atom stereocenters. The maximum Gasteiger partial charge on any atom is 0.233 e. The predicted octanol–water partition coefficient (Wildman–Crippen LogP) is 1.64. The van der Waals surface area contributed by atoms with Crippen LogP contribution in [0.3, 0.4) is 0 Å². The van der Waals surface area contributed by atoms with Gasteiger partial charge in [0.1, 0.15) is 0 Å². The van der Waals surface area contributed by atoms with Crippen LogP contribution in [0.5, 0.6) is 0 Å². The molecule has 0 N–H and O–H groups in total. The smallest absolute Gasteiger partial charge is 0.233 e. The molecule has 0 aromatic rings. The Kier molecular flexibility index (Phi) is 8.66. The number of halogens is 1. The molecule has 0 radical (unpaired) electrons. The summed E-state index contributed by atoms with van der Waals surface area (Å²) in [6.45, 7) is 2.54. The van der Waals surface area contributed by atoms with E-state index in [0.717, 1.165) is 6.42 Å². The summed E-state index contributed by atoms with van der Waals surface area (Å²) in [6.07, 6.45) is 0.397. The van der Waals surface area contributed by atoms with Crippen LogP contribution in [0, 0.1) is 0 Å². The molecule has 0 spiro atoms. The monoisotopic (exact) mass is 228 g/mol. The molecule has 4 nitrogen and oxygen atoms in total. The van der Waals surface area contributed by atoms with Crippen LogP contribution in [0.15, 0.2) is 0 Å². The zero-order valence-corrected chi connectivity index (χ0v) is 8.30. The van der Waals surface area contributed by atoms with Crippen molar-refractivity contribution in [2.24, 2.45) is 0 Å². The van der Waals surface area contributed by atoms with Crippen molar-refractivity contribution in [2.45, 2.75) is 19.6 Å². The highest BCUT2D eigenvalue weighted by Crippen LogP contribution is 2.00. The maximum absolute atomic E-state index is 4.78. The van der Waals surface area contributed by atoms with Gasteiger partial charge in [-0.05, 0) is 6.42 Å². The second-order valence-corrected chi connectivity index (χ2v) is 2.41. The Morgan fingerprint density at radius 1 is 1.36 bits per heavy atom. The van der Waals surface area contributed by atoms with Crippen LogP contribution >= 0.6 is 15.9 Å². The van der Waals surface area contributed by atoms with Crippen molar-refractivity contribution in [3.63, 3.8) is 0 Å². The van der Waals surface area contributed by atoms with Gasteiger partial charge in [-0.25, -0.2) is 19.6 Å². The highest BCUT2D eigenvalue weighted by atomic mass is 79.9. The van der Waals surface area contributed by atoms with Gasteiger partial charge >= 0.3 is 0 Å². The average molecular weight is 229 g/mol. The molecule has 0 heterocycles. The van der Waals surface area contributed by atoms with Crippen molar-refractivity contribution in [3.05, 3.63) is 0 Å². The second-order valence-electron chi connectivity index (χ2n) is 1.76. The van der Waals surface area contributed by atoms with Crippen LogP contribution < -0.4 is 0 Å². The van der Waals surface area contributed by atoms with Crippen molar-refractivity contribution in [1.82, 2.24) is 0 Å². The van der Waals surface area contributed by atoms with Crippen LogP contribution in [0.2, 0.25) is 0 Å². The first kappa shape index (κ1) is 11.3. The van der Waals surface area contributed by atoms with Crippen molar-refractivity contribution in [1.29, 1.82) is 0 Å². The van der Waals surface area contributed by atoms with Gasteiger partial charge in [0.15, 0.2) is 0 Å². The highest BCUT2D eigenvalue weighted by molar-refractivity contribution is 9.09. The largest absolute Gasteiger partial charge is 0.237 e. The Morgan fingerprint density at radius 2 is 2.09 bits per heavy atom. The van der Waals surface area contributed by atoms with Gasteiger partial charge < -0.3 is 0 Å². The normalized spacial score (nSPS) is 13.4. The Labute approximate surface area is 74.7 Å². The van der Waals surface area contributed by atoms with Gasteiger partial charge in [-0.3, -0.25) is 0 Å². The molecule has 0 aliphatic heterocycles. The summed E-state index contributed by atoms with van der Waals surface area (Å²) in [6, 6.07) is 0. The summed E-state index contributed by atoms with van der Waals surface area (Å²) in [7, 11) is 1.42. The molecule has 0 fully saturated rings. The van der Waals surface area contributed by atoms with E-state index >= 15 is 0 Å². The van der Waals surface area contributed by atoms with E-state index in [0.29, 0.717) is 11.9 Å². The molecule has 0 aliphatic rings. The molecular weight excluding hydrogens is 216 g/mol. The minimum absolute atomic E-state index is 0.505. The quantitative estimate of drug-likeness (QED) is 0.218. The summed E-state index contributed by atoms with van der Waals surface area (Å²) in [5.74, 6) is 0. The minimum atomic E-state index is -0.508. The summed E-state index contributed by atoms with van der Waals surface area (Å²) < 4.78 is 0. The molecule has 1 atom stereocenters. The number of hydrogen-bond donors (Lipinski definition) is 0. The van der Waals surface area contributed by atoms with Crippen LogP contribution in [-0.4, -0.2) is 25.3 Å². The van der Waals surface area contributed by atoms with Gasteiger partial charge in [-0.2, -0.15) is 0 Å². The summed E-state index contributed by atoms with van der Waals surface area (Å²) in [5, 5.41) is 0.505. The average Bonchev–Trinajstić information content (AvgIpc) is 2.03. The van der Waals surface area contributed by atoms with E-state index in [1.807, 2.05) is 6.92 Å².